The molecule has 0 aromatic rings. The number of hydrogen-bond donors (Lipinski definition) is 1. The van der Waals surface area contributed by atoms with Gasteiger partial charge in [0.25, 0.3) is 0 Å². The summed E-state index contributed by atoms with van der Waals surface area (Å²) in [4.78, 5) is 24.6. The van der Waals surface area contributed by atoms with E-state index in [-0.39, 0.29) is 24.3 Å². The molecule has 90 valence electrons. The van der Waals surface area contributed by atoms with Gasteiger partial charge in [-0.2, -0.15) is 0 Å². The average Bonchev–Trinajstić information content (AvgIpc) is 2.59. The maximum Gasteiger partial charge on any atom is 0.305 e. The first-order valence-corrected chi connectivity index (χ1v) is 6.10. The number of carboxylic acid groups (broad SMARTS) is 1. The molecule has 0 bridgehead atoms. The highest BCUT2D eigenvalue weighted by Gasteiger charge is 2.38. The molecule has 1 unspecified atom stereocenters. The van der Waals surface area contributed by atoms with Crippen LogP contribution in [0.15, 0.2) is 0 Å². The third-order valence-corrected chi connectivity index (χ3v) is 3.79. The minimum absolute atomic E-state index is 0.0547. The van der Waals surface area contributed by atoms with Crippen molar-refractivity contribution in [2.45, 2.75) is 45.1 Å². The summed E-state index contributed by atoms with van der Waals surface area (Å²) in [5.41, 5.74) is 0. The molecule has 0 aromatic heterocycles. The fourth-order valence-corrected chi connectivity index (χ4v) is 2.88. The summed E-state index contributed by atoms with van der Waals surface area (Å²) in [7, 11) is 0. The smallest absolute Gasteiger partial charge is 0.305 e. The first-order chi connectivity index (χ1) is 7.58. The Kier molecular flexibility index (Phi) is 3.17. The number of likely N-dealkylation sites (tertiary alicyclic amines) is 1. The highest BCUT2D eigenvalue weighted by Crippen LogP contribution is 2.36. The van der Waals surface area contributed by atoms with E-state index in [1.165, 1.54) is 0 Å². The van der Waals surface area contributed by atoms with E-state index in [2.05, 4.69) is 6.92 Å². The van der Waals surface area contributed by atoms with Gasteiger partial charge in [0.1, 0.15) is 0 Å². The van der Waals surface area contributed by atoms with Crippen molar-refractivity contribution in [2.75, 3.05) is 6.54 Å². The standard InChI is InChI=1S/C12H19NO3/c1-8-5-9(6-8)12(16)13-4-2-3-10(13)7-11(14)15/h8-10H,2-7H2,1H3,(H,14,15). The Morgan fingerprint density at radius 2 is 2.06 bits per heavy atom. The number of rotatable bonds is 3. The van der Waals surface area contributed by atoms with Gasteiger partial charge >= 0.3 is 5.97 Å². The van der Waals surface area contributed by atoms with E-state index in [9.17, 15) is 9.59 Å². The van der Waals surface area contributed by atoms with E-state index < -0.39 is 5.97 Å². The van der Waals surface area contributed by atoms with Gasteiger partial charge < -0.3 is 10.0 Å². The summed E-state index contributed by atoms with van der Waals surface area (Å²) in [5, 5.41) is 8.79. The van der Waals surface area contributed by atoms with E-state index in [0.717, 1.165) is 32.2 Å². The zero-order valence-electron chi connectivity index (χ0n) is 9.69. The summed E-state index contributed by atoms with van der Waals surface area (Å²) in [6.45, 7) is 2.91. The lowest BCUT2D eigenvalue weighted by Crippen LogP contribution is -2.44. The van der Waals surface area contributed by atoms with Gasteiger partial charge in [0, 0.05) is 18.5 Å². The van der Waals surface area contributed by atoms with E-state index in [1.54, 1.807) is 0 Å². The Balaban J connectivity index is 1.92. The van der Waals surface area contributed by atoms with Crippen LogP contribution >= 0.6 is 0 Å². The lowest BCUT2D eigenvalue weighted by atomic mass is 9.75. The molecule has 0 aromatic carbocycles. The molecule has 4 nitrogen and oxygen atoms in total. The van der Waals surface area contributed by atoms with Crippen LogP contribution in [-0.4, -0.2) is 34.5 Å². The lowest BCUT2D eigenvalue weighted by Gasteiger charge is -2.36. The first kappa shape index (κ1) is 11.4. The number of amides is 1. The summed E-state index contributed by atoms with van der Waals surface area (Å²) < 4.78 is 0. The van der Waals surface area contributed by atoms with Crippen LogP contribution in [0.3, 0.4) is 0 Å². The Labute approximate surface area is 95.6 Å². The average molecular weight is 225 g/mol. The van der Waals surface area contributed by atoms with Crippen LogP contribution in [0.4, 0.5) is 0 Å². The molecule has 0 spiro atoms. The first-order valence-electron chi connectivity index (χ1n) is 6.10. The van der Waals surface area contributed by atoms with Gasteiger partial charge in [-0.15, -0.1) is 0 Å². The number of aliphatic carboxylic acids is 1. The molecule has 1 aliphatic heterocycles. The SMILES string of the molecule is CC1CC(C(=O)N2CCCC2CC(=O)O)C1. The minimum Gasteiger partial charge on any atom is -0.481 e. The second-order valence-corrected chi connectivity index (χ2v) is 5.20. The summed E-state index contributed by atoms with van der Waals surface area (Å²) in [6, 6.07) is -0.0547. The molecular weight excluding hydrogens is 206 g/mol. The monoisotopic (exact) mass is 225 g/mol. The maximum atomic E-state index is 12.1. The fraction of sp³-hybridized carbons (Fsp3) is 0.833. The van der Waals surface area contributed by atoms with Crippen molar-refractivity contribution >= 4 is 11.9 Å². The number of carboxylic acids is 1. The second-order valence-electron chi connectivity index (χ2n) is 5.20. The number of nitrogens with zero attached hydrogens (tertiary/aromatic N) is 1. The van der Waals surface area contributed by atoms with Gasteiger partial charge in [0.2, 0.25) is 5.91 Å². The Morgan fingerprint density at radius 1 is 1.38 bits per heavy atom. The van der Waals surface area contributed by atoms with Crippen molar-refractivity contribution in [3.63, 3.8) is 0 Å². The third kappa shape index (κ3) is 2.20. The van der Waals surface area contributed by atoms with Crippen molar-refractivity contribution in [3.05, 3.63) is 0 Å². The Hall–Kier alpha value is -1.06. The van der Waals surface area contributed by atoms with Crippen molar-refractivity contribution in [1.82, 2.24) is 4.90 Å². The van der Waals surface area contributed by atoms with Crippen molar-refractivity contribution in [2.24, 2.45) is 11.8 Å². The van der Waals surface area contributed by atoms with Gasteiger partial charge in [-0.05, 0) is 31.6 Å². The van der Waals surface area contributed by atoms with Gasteiger partial charge in [-0.3, -0.25) is 9.59 Å². The summed E-state index contributed by atoms with van der Waals surface area (Å²) >= 11 is 0. The van der Waals surface area contributed by atoms with Crippen molar-refractivity contribution < 1.29 is 14.7 Å². The van der Waals surface area contributed by atoms with E-state index in [0.29, 0.717) is 5.92 Å². The molecule has 2 rings (SSSR count). The van der Waals surface area contributed by atoms with Crippen LogP contribution in [0.1, 0.15) is 39.0 Å². The van der Waals surface area contributed by atoms with Crippen LogP contribution in [0.2, 0.25) is 0 Å². The zero-order chi connectivity index (χ0) is 11.7. The molecule has 2 aliphatic rings. The minimum atomic E-state index is -0.799. The zero-order valence-corrected chi connectivity index (χ0v) is 9.69. The normalized spacial score (nSPS) is 33.6. The molecule has 1 saturated carbocycles. The predicted octanol–water partition coefficient (Wildman–Crippen LogP) is 1.50. The van der Waals surface area contributed by atoms with E-state index in [1.807, 2.05) is 4.90 Å². The molecule has 1 N–H and O–H groups in total. The lowest BCUT2D eigenvalue weighted by molar-refractivity contribution is -0.143. The van der Waals surface area contributed by atoms with Crippen LogP contribution in [-0.2, 0) is 9.59 Å². The van der Waals surface area contributed by atoms with Gasteiger partial charge in [-0.25, -0.2) is 0 Å². The van der Waals surface area contributed by atoms with Gasteiger partial charge in [-0.1, -0.05) is 6.92 Å². The van der Waals surface area contributed by atoms with Gasteiger partial charge in [0.15, 0.2) is 0 Å². The van der Waals surface area contributed by atoms with Crippen molar-refractivity contribution in [3.8, 4) is 0 Å². The number of carbonyl (C=O) groups excluding carboxylic acids is 1. The summed E-state index contributed by atoms with van der Waals surface area (Å²) in [6.07, 6.45) is 3.87. The Bertz CT molecular complexity index is 297. The molecule has 2 fully saturated rings. The van der Waals surface area contributed by atoms with Crippen LogP contribution < -0.4 is 0 Å². The topological polar surface area (TPSA) is 57.6 Å². The Morgan fingerprint density at radius 3 is 2.62 bits per heavy atom. The third-order valence-electron chi connectivity index (χ3n) is 3.79. The molecule has 16 heavy (non-hydrogen) atoms. The number of hydrogen-bond acceptors (Lipinski definition) is 2. The molecular formula is C12H19NO3. The highest BCUT2D eigenvalue weighted by atomic mass is 16.4. The van der Waals surface area contributed by atoms with Gasteiger partial charge in [0.05, 0.1) is 6.42 Å². The van der Waals surface area contributed by atoms with E-state index in [4.69, 9.17) is 5.11 Å². The molecule has 0 radical (unpaired) electrons. The molecule has 1 atom stereocenters. The van der Waals surface area contributed by atoms with Crippen LogP contribution in [0.25, 0.3) is 0 Å². The maximum absolute atomic E-state index is 12.1. The summed E-state index contributed by atoms with van der Waals surface area (Å²) in [5.74, 6) is 0.229. The quantitative estimate of drug-likeness (QED) is 0.791. The van der Waals surface area contributed by atoms with Crippen LogP contribution in [0, 0.1) is 11.8 Å². The van der Waals surface area contributed by atoms with E-state index >= 15 is 0 Å². The largest absolute Gasteiger partial charge is 0.481 e. The predicted molar refractivity (Wildman–Crippen MR) is 58.9 cm³/mol. The molecule has 1 heterocycles. The second kappa shape index (κ2) is 4.44. The molecule has 1 aliphatic carbocycles. The van der Waals surface area contributed by atoms with Crippen molar-refractivity contribution in [1.29, 1.82) is 0 Å². The molecule has 1 saturated heterocycles. The van der Waals surface area contributed by atoms with Crippen LogP contribution in [0.5, 0.6) is 0 Å². The highest BCUT2D eigenvalue weighted by molar-refractivity contribution is 5.81. The number of carbonyl (C=O) groups is 2. The molecule has 4 heteroatoms. The fourth-order valence-electron chi connectivity index (χ4n) is 2.88. The molecule has 1 amide bonds.